The molecular weight excluding hydrogens is 396 g/mol. The smallest absolute Gasteiger partial charge is 0.133 e. The van der Waals surface area contributed by atoms with Crippen LogP contribution >= 0.6 is 31.9 Å². The molecule has 0 unspecified atom stereocenters. The number of hydrogen-bond donors (Lipinski definition) is 0. The number of ether oxygens (including phenoxy) is 2. The van der Waals surface area contributed by atoms with E-state index in [1.807, 2.05) is 18.2 Å². The van der Waals surface area contributed by atoms with Crippen molar-refractivity contribution in [2.45, 2.75) is 25.8 Å². The lowest BCUT2D eigenvalue weighted by Crippen LogP contribution is -2.00. The van der Waals surface area contributed by atoms with Crippen molar-refractivity contribution in [3.8, 4) is 11.5 Å². The van der Waals surface area contributed by atoms with Gasteiger partial charge in [0.1, 0.15) is 18.1 Å². The van der Waals surface area contributed by atoms with Crippen LogP contribution in [0.3, 0.4) is 0 Å². The molecule has 112 valence electrons. The van der Waals surface area contributed by atoms with Gasteiger partial charge in [0.15, 0.2) is 0 Å². The van der Waals surface area contributed by atoms with Crippen molar-refractivity contribution in [1.29, 1.82) is 0 Å². The van der Waals surface area contributed by atoms with Crippen LogP contribution in [0.15, 0.2) is 34.8 Å². The van der Waals surface area contributed by atoms with E-state index in [0.29, 0.717) is 6.61 Å². The van der Waals surface area contributed by atoms with Crippen molar-refractivity contribution in [3.05, 3.63) is 57.1 Å². The SMILES string of the molecule is COc1ccc(COc2c(C)cc(CBr)cc2C)cc1Br. The third kappa shape index (κ3) is 4.01. The normalized spacial score (nSPS) is 10.5. The van der Waals surface area contributed by atoms with Crippen molar-refractivity contribution in [3.63, 3.8) is 0 Å². The Morgan fingerprint density at radius 2 is 1.67 bits per heavy atom. The Bertz CT molecular complexity index is 616. The lowest BCUT2D eigenvalue weighted by Gasteiger charge is -2.14. The highest BCUT2D eigenvalue weighted by molar-refractivity contribution is 9.10. The van der Waals surface area contributed by atoms with Gasteiger partial charge in [0.2, 0.25) is 0 Å². The largest absolute Gasteiger partial charge is 0.496 e. The van der Waals surface area contributed by atoms with Crippen LogP contribution in [0.25, 0.3) is 0 Å². The van der Waals surface area contributed by atoms with Crippen molar-refractivity contribution < 1.29 is 9.47 Å². The molecule has 0 bridgehead atoms. The highest BCUT2D eigenvalue weighted by Gasteiger charge is 2.08. The van der Waals surface area contributed by atoms with E-state index in [2.05, 4.69) is 57.8 Å². The van der Waals surface area contributed by atoms with Crippen LogP contribution in [-0.4, -0.2) is 7.11 Å². The summed E-state index contributed by atoms with van der Waals surface area (Å²) in [5.74, 6) is 1.79. The second-order valence-corrected chi connectivity index (χ2v) is 6.37. The maximum atomic E-state index is 6.00. The summed E-state index contributed by atoms with van der Waals surface area (Å²) in [5.41, 5.74) is 4.70. The van der Waals surface area contributed by atoms with E-state index < -0.39 is 0 Å². The molecule has 0 N–H and O–H groups in total. The summed E-state index contributed by atoms with van der Waals surface area (Å²) >= 11 is 6.99. The van der Waals surface area contributed by atoms with Crippen LogP contribution in [0.1, 0.15) is 22.3 Å². The zero-order chi connectivity index (χ0) is 15.4. The van der Waals surface area contributed by atoms with E-state index in [0.717, 1.165) is 38.0 Å². The summed E-state index contributed by atoms with van der Waals surface area (Å²) in [6, 6.07) is 10.3. The van der Waals surface area contributed by atoms with E-state index in [9.17, 15) is 0 Å². The quantitative estimate of drug-likeness (QED) is 0.598. The second-order valence-electron chi connectivity index (χ2n) is 4.95. The Balaban J connectivity index is 2.15. The van der Waals surface area contributed by atoms with Gasteiger partial charge in [0.25, 0.3) is 0 Å². The average Bonchev–Trinajstić information content (AvgIpc) is 2.46. The average molecular weight is 414 g/mol. The third-order valence-electron chi connectivity index (χ3n) is 3.27. The standard InChI is InChI=1S/C17H18Br2O2/c1-11-6-14(9-18)7-12(2)17(11)21-10-13-4-5-16(20-3)15(19)8-13/h4-8H,9-10H2,1-3H3. The first-order chi connectivity index (χ1) is 10.0. The van der Waals surface area contributed by atoms with Crippen molar-refractivity contribution in [2.75, 3.05) is 7.11 Å². The van der Waals surface area contributed by atoms with E-state index in [-0.39, 0.29) is 0 Å². The Kier molecular flexibility index (Phi) is 5.71. The number of aryl methyl sites for hydroxylation is 2. The zero-order valence-electron chi connectivity index (χ0n) is 12.4. The molecule has 0 spiro atoms. The number of alkyl halides is 1. The van der Waals surface area contributed by atoms with E-state index in [1.54, 1.807) is 7.11 Å². The molecule has 21 heavy (non-hydrogen) atoms. The Labute approximate surface area is 142 Å². The lowest BCUT2D eigenvalue weighted by molar-refractivity contribution is 0.301. The first-order valence-electron chi connectivity index (χ1n) is 6.66. The van der Waals surface area contributed by atoms with Gasteiger partial charge in [-0.15, -0.1) is 0 Å². The Morgan fingerprint density at radius 1 is 1.00 bits per heavy atom. The predicted octanol–water partition coefficient (Wildman–Crippen LogP) is 5.55. The van der Waals surface area contributed by atoms with Crippen LogP contribution in [-0.2, 0) is 11.9 Å². The number of halogens is 2. The van der Waals surface area contributed by atoms with Gasteiger partial charge in [-0.25, -0.2) is 0 Å². The molecule has 0 aliphatic rings. The molecule has 2 nitrogen and oxygen atoms in total. The number of methoxy groups -OCH3 is 1. The number of benzene rings is 2. The maximum Gasteiger partial charge on any atom is 0.133 e. The van der Waals surface area contributed by atoms with Crippen molar-refractivity contribution >= 4 is 31.9 Å². The summed E-state index contributed by atoms with van der Waals surface area (Å²) in [5, 5.41) is 0.861. The predicted molar refractivity (Wildman–Crippen MR) is 93.6 cm³/mol. The molecule has 0 saturated heterocycles. The fraction of sp³-hybridized carbons (Fsp3) is 0.294. The molecule has 2 aromatic carbocycles. The van der Waals surface area contributed by atoms with Gasteiger partial charge in [-0.3, -0.25) is 0 Å². The van der Waals surface area contributed by atoms with Crippen LogP contribution in [0.5, 0.6) is 11.5 Å². The zero-order valence-corrected chi connectivity index (χ0v) is 15.5. The summed E-state index contributed by atoms with van der Waals surface area (Å²) in [6.45, 7) is 4.70. The third-order valence-corrected chi connectivity index (χ3v) is 4.54. The minimum Gasteiger partial charge on any atom is -0.496 e. The fourth-order valence-corrected chi connectivity index (χ4v) is 3.21. The molecule has 0 aliphatic carbocycles. The van der Waals surface area contributed by atoms with Gasteiger partial charge in [-0.05, 0) is 64.2 Å². The summed E-state index contributed by atoms with van der Waals surface area (Å²) in [6.07, 6.45) is 0. The van der Waals surface area contributed by atoms with E-state index in [1.165, 1.54) is 5.56 Å². The first-order valence-corrected chi connectivity index (χ1v) is 8.58. The summed E-state index contributed by atoms with van der Waals surface area (Å²) < 4.78 is 12.2. The van der Waals surface area contributed by atoms with Gasteiger partial charge in [0.05, 0.1) is 11.6 Å². The van der Waals surface area contributed by atoms with Crippen LogP contribution in [0.2, 0.25) is 0 Å². The second kappa shape index (κ2) is 7.32. The van der Waals surface area contributed by atoms with Gasteiger partial charge in [-0.1, -0.05) is 34.1 Å². The van der Waals surface area contributed by atoms with Gasteiger partial charge >= 0.3 is 0 Å². The number of rotatable bonds is 5. The minimum absolute atomic E-state index is 0.540. The van der Waals surface area contributed by atoms with Crippen molar-refractivity contribution in [2.24, 2.45) is 0 Å². The molecule has 4 heteroatoms. The lowest BCUT2D eigenvalue weighted by atomic mass is 10.1. The highest BCUT2D eigenvalue weighted by atomic mass is 79.9. The van der Waals surface area contributed by atoms with Crippen LogP contribution in [0.4, 0.5) is 0 Å². The van der Waals surface area contributed by atoms with Crippen LogP contribution < -0.4 is 9.47 Å². The molecule has 0 aliphatic heterocycles. The maximum absolute atomic E-state index is 6.00. The topological polar surface area (TPSA) is 18.5 Å². The molecule has 0 amide bonds. The van der Waals surface area contributed by atoms with Crippen molar-refractivity contribution in [1.82, 2.24) is 0 Å². The monoisotopic (exact) mass is 412 g/mol. The molecule has 0 aromatic heterocycles. The molecule has 2 rings (SSSR count). The first kappa shape index (κ1) is 16.4. The Morgan fingerprint density at radius 3 is 2.19 bits per heavy atom. The summed E-state index contributed by atoms with van der Waals surface area (Å²) in [7, 11) is 1.66. The molecule has 0 heterocycles. The van der Waals surface area contributed by atoms with E-state index >= 15 is 0 Å². The van der Waals surface area contributed by atoms with Gasteiger partial charge in [0, 0.05) is 5.33 Å². The number of hydrogen-bond acceptors (Lipinski definition) is 2. The molecule has 0 fully saturated rings. The highest BCUT2D eigenvalue weighted by Crippen LogP contribution is 2.29. The fourth-order valence-electron chi connectivity index (χ4n) is 2.30. The molecule has 0 radical (unpaired) electrons. The summed E-state index contributed by atoms with van der Waals surface area (Å²) in [4.78, 5) is 0. The van der Waals surface area contributed by atoms with Crippen LogP contribution in [0, 0.1) is 13.8 Å². The minimum atomic E-state index is 0.540. The molecule has 0 atom stereocenters. The Hall–Kier alpha value is -1.000. The van der Waals surface area contributed by atoms with E-state index in [4.69, 9.17) is 9.47 Å². The van der Waals surface area contributed by atoms with Gasteiger partial charge in [-0.2, -0.15) is 0 Å². The molecule has 2 aromatic rings. The molecular formula is C17H18Br2O2. The molecule has 0 saturated carbocycles. The van der Waals surface area contributed by atoms with Gasteiger partial charge < -0.3 is 9.47 Å².